The second-order valence-electron chi connectivity index (χ2n) is 2.52. The molecule has 0 aliphatic carbocycles. The van der Waals surface area contributed by atoms with Crippen LogP contribution >= 0.6 is 0 Å². The van der Waals surface area contributed by atoms with E-state index < -0.39 is 0 Å². The van der Waals surface area contributed by atoms with Crippen LogP contribution in [0.4, 0.5) is 0 Å². The smallest absolute Gasteiger partial charge is 0.307 e. The zero-order chi connectivity index (χ0) is 8.69. The molecular weight excluding hydrogens is 140 g/mol. The zero-order valence-electron chi connectivity index (χ0n) is 7.22. The van der Waals surface area contributed by atoms with Crippen molar-refractivity contribution in [1.82, 2.24) is 0 Å². The first-order valence-electron chi connectivity index (χ1n) is 3.96. The minimum Gasteiger partial charge on any atom is -0.431 e. The number of rotatable bonds is 5. The Labute approximate surface area is 68.2 Å². The van der Waals surface area contributed by atoms with Gasteiger partial charge in [0.25, 0.3) is 0 Å². The lowest BCUT2D eigenvalue weighted by atomic mass is 10.2. The maximum Gasteiger partial charge on any atom is 0.307 e. The first-order valence-corrected chi connectivity index (χ1v) is 3.96. The van der Waals surface area contributed by atoms with E-state index in [9.17, 15) is 4.79 Å². The molecule has 1 radical (unpaired) electrons. The van der Waals surface area contributed by atoms with Crippen molar-refractivity contribution in [3.63, 3.8) is 0 Å². The maximum absolute atomic E-state index is 10.4. The quantitative estimate of drug-likeness (QED) is 0.346. The molecule has 63 valence electrons. The fourth-order valence-corrected chi connectivity index (χ4v) is 0.785. The Morgan fingerprint density at radius 3 is 2.55 bits per heavy atom. The van der Waals surface area contributed by atoms with Gasteiger partial charge in [-0.2, -0.15) is 0 Å². The van der Waals surface area contributed by atoms with Crippen LogP contribution in [-0.2, 0) is 9.53 Å². The molecule has 0 unspecified atom stereocenters. The molecule has 0 aliphatic heterocycles. The van der Waals surface area contributed by atoms with Gasteiger partial charge < -0.3 is 4.74 Å². The summed E-state index contributed by atoms with van der Waals surface area (Å²) in [6.45, 7) is 8.86. The minimum absolute atomic E-state index is 0.334. The normalized spacial score (nSPS) is 9.27. The summed E-state index contributed by atoms with van der Waals surface area (Å²) in [5.41, 5.74) is 0. The molecule has 0 bridgehead atoms. The van der Waals surface area contributed by atoms with E-state index in [4.69, 9.17) is 6.58 Å². The van der Waals surface area contributed by atoms with Crippen molar-refractivity contribution >= 4 is 5.97 Å². The van der Waals surface area contributed by atoms with E-state index in [2.05, 4.69) is 11.7 Å². The molecule has 0 spiro atoms. The molecule has 0 atom stereocenters. The summed E-state index contributed by atoms with van der Waals surface area (Å²) < 4.78 is 4.65. The molecule has 0 saturated heterocycles. The molecular formula is C9H15O2. The van der Waals surface area contributed by atoms with Crippen molar-refractivity contribution in [1.29, 1.82) is 0 Å². The molecule has 11 heavy (non-hydrogen) atoms. The summed E-state index contributed by atoms with van der Waals surface area (Å²) in [5, 5.41) is 0. The van der Waals surface area contributed by atoms with E-state index in [1.165, 1.54) is 6.92 Å². The Bertz CT molecular complexity index is 138. The van der Waals surface area contributed by atoms with Crippen molar-refractivity contribution in [2.24, 2.45) is 0 Å². The SMILES string of the molecule is [CH]=C(CCCCC)OC(C)=O. The van der Waals surface area contributed by atoms with Gasteiger partial charge in [-0.3, -0.25) is 4.79 Å². The minimum atomic E-state index is -0.334. The number of esters is 1. The van der Waals surface area contributed by atoms with Crippen molar-refractivity contribution in [2.75, 3.05) is 0 Å². The molecule has 2 nitrogen and oxygen atoms in total. The van der Waals surface area contributed by atoms with Crippen molar-refractivity contribution in [2.45, 2.75) is 39.5 Å². The lowest BCUT2D eigenvalue weighted by Crippen LogP contribution is -1.97. The van der Waals surface area contributed by atoms with E-state index in [1.807, 2.05) is 0 Å². The average molecular weight is 155 g/mol. The predicted molar refractivity (Wildman–Crippen MR) is 43.7 cm³/mol. The Morgan fingerprint density at radius 1 is 1.45 bits per heavy atom. The van der Waals surface area contributed by atoms with E-state index in [-0.39, 0.29) is 5.97 Å². The van der Waals surface area contributed by atoms with Crippen LogP contribution in [0.25, 0.3) is 0 Å². The third kappa shape index (κ3) is 7.10. The monoisotopic (exact) mass is 155 g/mol. The molecule has 0 heterocycles. The fourth-order valence-electron chi connectivity index (χ4n) is 0.785. The highest BCUT2D eigenvalue weighted by molar-refractivity contribution is 5.67. The van der Waals surface area contributed by atoms with Crippen LogP contribution in [0.15, 0.2) is 5.76 Å². The summed E-state index contributed by atoms with van der Waals surface area (Å²) in [4.78, 5) is 10.4. The van der Waals surface area contributed by atoms with Crippen LogP contribution in [0, 0.1) is 6.58 Å². The fraction of sp³-hybridized carbons (Fsp3) is 0.667. The van der Waals surface area contributed by atoms with E-state index in [0.29, 0.717) is 12.2 Å². The van der Waals surface area contributed by atoms with Crippen LogP contribution in [0.2, 0.25) is 0 Å². The number of hydrogen-bond acceptors (Lipinski definition) is 2. The van der Waals surface area contributed by atoms with Gasteiger partial charge in [0, 0.05) is 13.3 Å². The maximum atomic E-state index is 10.4. The van der Waals surface area contributed by atoms with Crippen LogP contribution in [0.3, 0.4) is 0 Å². The number of carbonyl (C=O) groups excluding carboxylic acids is 1. The van der Waals surface area contributed by atoms with Crippen LogP contribution < -0.4 is 0 Å². The molecule has 0 amide bonds. The Balaban J connectivity index is 3.30. The van der Waals surface area contributed by atoms with E-state index in [1.54, 1.807) is 0 Å². The predicted octanol–water partition coefficient (Wildman–Crippen LogP) is 2.45. The Kier molecular flexibility index (Phi) is 5.53. The number of allylic oxidation sites excluding steroid dienone is 1. The highest BCUT2D eigenvalue weighted by Gasteiger charge is 1.97. The Morgan fingerprint density at radius 2 is 2.09 bits per heavy atom. The lowest BCUT2D eigenvalue weighted by Gasteiger charge is -2.02. The Hall–Kier alpha value is -0.790. The summed E-state index contributed by atoms with van der Waals surface area (Å²) in [6, 6.07) is 0. The number of ether oxygens (including phenoxy) is 1. The van der Waals surface area contributed by atoms with Gasteiger partial charge in [-0.15, -0.1) is 0 Å². The van der Waals surface area contributed by atoms with Gasteiger partial charge in [0.2, 0.25) is 0 Å². The van der Waals surface area contributed by atoms with Gasteiger partial charge in [0.15, 0.2) is 0 Å². The molecule has 0 aromatic heterocycles. The summed E-state index contributed by atoms with van der Waals surface area (Å²) in [6.07, 6.45) is 3.96. The van der Waals surface area contributed by atoms with Crippen molar-refractivity contribution < 1.29 is 9.53 Å². The highest BCUT2D eigenvalue weighted by Crippen LogP contribution is 2.07. The lowest BCUT2D eigenvalue weighted by molar-refractivity contribution is -0.137. The topological polar surface area (TPSA) is 26.3 Å². The van der Waals surface area contributed by atoms with Gasteiger partial charge >= 0.3 is 5.97 Å². The molecule has 0 rings (SSSR count). The molecule has 0 N–H and O–H groups in total. The van der Waals surface area contributed by atoms with E-state index in [0.717, 1.165) is 19.3 Å². The van der Waals surface area contributed by atoms with Gasteiger partial charge in [0.1, 0.15) is 5.76 Å². The highest BCUT2D eigenvalue weighted by atomic mass is 16.5. The third-order valence-electron chi connectivity index (χ3n) is 1.30. The first-order chi connectivity index (χ1) is 5.16. The third-order valence-corrected chi connectivity index (χ3v) is 1.30. The number of unbranched alkanes of at least 4 members (excludes halogenated alkanes) is 2. The first kappa shape index (κ1) is 10.2. The molecule has 0 aromatic rings. The second-order valence-corrected chi connectivity index (χ2v) is 2.52. The molecule has 2 heteroatoms. The summed E-state index contributed by atoms with van der Waals surface area (Å²) >= 11 is 0. The van der Waals surface area contributed by atoms with Gasteiger partial charge in [0.05, 0.1) is 0 Å². The van der Waals surface area contributed by atoms with Gasteiger partial charge in [-0.05, 0) is 13.0 Å². The number of hydrogen-bond donors (Lipinski definition) is 0. The standard InChI is InChI=1S/C9H15O2/c1-4-5-6-7-8(2)11-9(3)10/h2H,4-7H2,1,3H3. The summed E-state index contributed by atoms with van der Waals surface area (Å²) in [7, 11) is 0. The van der Waals surface area contributed by atoms with E-state index >= 15 is 0 Å². The molecule has 0 fully saturated rings. The van der Waals surface area contributed by atoms with Crippen molar-refractivity contribution in [3.05, 3.63) is 12.3 Å². The van der Waals surface area contributed by atoms with Gasteiger partial charge in [-0.25, -0.2) is 0 Å². The average Bonchev–Trinajstić information content (AvgIpc) is 1.86. The second kappa shape index (κ2) is 5.96. The van der Waals surface area contributed by atoms with Crippen LogP contribution in [-0.4, -0.2) is 5.97 Å². The summed E-state index contributed by atoms with van der Waals surface area (Å²) in [5.74, 6) is 0.00458. The van der Waals surface area contributed by atoms with Crippen LogP contribution in [0.5, 0.6) is 0 Å². The van der Waals surface area contributed by atoms with Crippen LogP contribution in [0.1, 0.15) is 39.5 Å². The molecule has 0 saturated carbocycles. The van der Waals surface area contributed by atoms with Gasteiger partial charge in [-0.1, -0.05) is 19.8 Å². The molecule has 0 aromatic carbocycles. The number of carbonyl (C=O) groups is 1. The molecule has 0 aliphatic rings. The zero-order valence-corrected chi connectivity index (χ0v) is 7.22. The van der Waals surface area contributed by atoms with Crippen molar-refractivity contribution in [3.8, 4) is 0 Å². The largest absolute Gasteiger partial charge is 0.431 e.